The van der Waals surface area contributed by atoms with Crippen LogP contribution in [0.15, 0.2) is 0 Å². The second kappa shape index (κ2) is 14.3. The van der Waals surface area contributed by atoms with E-state index < -0.39 is 0 Å². The van der Waals surface area contributed by atoms with Gasteiger partial charge in [0.15, 0.2) is 0 Å². The Morgan fingerprint density at radius 1 is 0.900 bits per heavy atom. The number of aliphatic hydroxyl groups is 2. The summed E-state index contributed by atoms with van der Waals surface area (Å²) in [6.45, 7) is 4.33. The average Bonchev–Trinajstić information content (AvgIpc) is 2.37. The largest absolute Gasteiger partial charge is 0.396 e. The van der Waals surface area contributed by atoms with Crippen molar-refractivity contribution in [3.8, 4) is 0 Å². The topological polar surface area (TPSA) is 127 Å². The normalized spacial score (nSPS) is 13.0. The molecule has 6 nitrogen and oxygen atoms in total. The van der Waals surface area contributed by atoms with E-state index in [1.807, 2.05) is 13.8 Å². The van der Waals surface area contributed by atoms with Gasteiger partial charge in [-0.25, -0.2) is 0 Å². The number of carbonyl (C=O) groups is 2. The zero-order valence-electron chi connectivity index (χ0n) is 12.7. The summed E-state index contributed by atoms with van der Waals surface area (Å²) in [6.07, 6.45) is 4.07. The zero-order valence-corrected chi connectivity index (χ0v) is 12.7. The van der Waals surface area contributed by atoms with Crippen molar-refractivity contribution in [2.45, 2.75) is 52.4 Å². The second-order valence-electron chi connectivity index (χ2n) is 5.27. The summed E-state index contributed by atoms with van der Waals surface area (Å²) in [6, 6.07) is 0. The Morgan fingerprint density at radius 3 is 1.85 bits per heavy atom. The van der Waals surface area contributed by atoms with E-state index in [1.165, 1.54) is 0 Å². The molecule has 6 N–H and O–H groups in total. The SMILES string of the molecule is CC(CCO)CCC(N)=O.CC(CO)CCCC(N)=O. The first-order valence-corrected chi connectivity index (χ1v) is 7.11. The maximum Gasteiger partial charge on any atom is 0.217 e. The van der Waals surface area contributed by atoms with Gasteiger partial charge in [-0.15, -0.1) is 0 Å². The summed E-state index contributed by atoms with van der Waals surface area (Å²) >= 11 is 0. The number of nitrogens with two attached hydrogens (primary N) is 2. The van der Waals surface area contributed by atoms with Gasteiger partial charge in [0.2, 0.25) is 11.8 Å². The maximum atomic E-state index is 10.3. The summed E-state index contributed by atoms with van der Waals surface area (Å²) < 4.78 is 0. The molecule has 120 valence electrons. The maximum absolute atomic E-state index is 10.3. The smallest absolute Gasteiger partial charge is 0.217 e. The molecule has 2 unspecified atom stereocenters. The molecule has 0 saturated carbocycles. The molecule has 0 rings (SSSR count). The Bertz CT molecular complexity index is 260. The lowest BCUT2D eigenvalue weighted by atomic mass is 10.0. The first-order chi connectivity index (χ1) is 9.33. The van der Waals surface area contributed by atoms with Crippen LogP contribution in [0.25, 0.3) is 0 Å². The molecule has 20 heavy (non-hydrogen) atoms. The third-order valence-corrected chi connectivity index (χ3v) is 2.94. The van der Waals surface area contributed by atoms with Crippen molar-refractivity contribution in [3.63, 3.8) is 0 Å². The summed E-state index contributed by atoms with van der Waals surface area (Å²) in [5, 5.41) is 17.1. The molecule has 2 atom stereocenters. The van der Waals surface area contributed by atoms with Crippen LogP contribution in [-0.4, -0.2) is 35.2 Å². The fraction of sp³-hybridized carbons (Fsp3) is 0.857. The van der Waals surface area contributed by atoms with E-state index in [1.54, 1.807) is 0 Å². The Morgan fingerprint density at radius 2 is 1.45 bits per heavy atom. The highest BCUT2D eigenvalue weighted by Crippen LogP contribution is 2.08. The first kappa shape index (κ1) is 21.2. The quantitative estimate of drug-likeness (QED) is 0.468. The van der Waals surface area contributed by atoms with E-state index >= 15 is 0 Å². The predicted octanol–water partition coefficient (Wildman–Crippen LogP) is 0.541. The number of amides is 2. The van der Waals surface area contributed by atoms with E-state index in [2.05, 4.69) is 0 Å². The Kier molecular flexibility index (Phi) is 15.1. The van der Waals surface area contributed by atoms with Crippen molar-refractivity contribution < 1.29 is 19.8 Å². The number of aliphatic hydroxyl groups excluding tert-OH is 2. The van der Waals surface area contributed by atoms with E-state index in [0.29, 0.717) is 24.7 Å². The molecule has 0 fully saturated rings. The Hall–Kier alpha value is -1.14. The minimum Gasteiger partial charge on any atom is -0.396 e. The van der Waals surface area contributed by atoms with E-state index in [9.17, 15) is 9.59 Å². The molecule has 0 aromatic rings. The van der Waals surface area contributed by atoms with Crippen LogP contribution in [0, 0.1) is 11.8 Å². The van der Waals surface area contributed by atoms with Gasteiger partial charge in [-0.3, -0.25) is 9.59 Å². The van der Waals surface area contributed by atoms with Crippen LogP contribution in [0.4, 0.5) is 0 Å². The van der Waals surface area contributed by atoms with Gasteiger partial charge in [-0.05, 0) is 37.5 Å². The molecule has 2 amide bonds. The second-order valence-corrected chi connectivity index (χ2v) is 5.27. The van der Waals surface area contributed by atoms with Crippen molar-refractivity contribution >= 4 is 11.8 Å². The lowest BCUT2D eigenvalue weighted by molar-refractivity contribution is -0.119. The van der Waals surface area contributed by atoms with Gasteiger partial charge in [0.1, 0.15) is 0 Å². The number of primary amides is 2. The molecule has 0 aromatic carbocycles. The van der Waals surface area contributed by atoms with Crippen LogP contribution in [-0.2, 0) is 9.59 Å². The molecular weight excluding hydrogens is 260 g/mol. The standard InChI is InChI=1S/2C7H15NO2/c1-6(4-5-9)2-3-7(8)10;1-6(5-9)3-2-4-7(8)10/h2*6,9H,2-5H2,1H3,(H2,8,10). The molecule has 0 heterocycles. The molecule has 0 aliphatic rings. The number of hydrogen-bond acceptors (Lipinski definition) is 4. The van der Waals surface area contributed by atoms with Crippen molar-refractivity contribution in [2.75, 3.05) is 13.2 Å². The molecule has 0 spiro atoms. The van der Waals surface area contributed by atoms with Gasteiger partial charge < -0.3 is 21.7 Å². The molecule has 0 radical (unpaired) electrons. The first-order valence-electron chi connectivity index (χ1n) is 7.11. The third-order valence-electron chi connectivity index (χ3n) is 2.94. The fourth-order valence-corrected chi connectivity index (χ4v) is 1.47. The summed E-state index contributed by atoms with van der Waals surface area (Å²) in [5.41, 5.74) is 9.85. The van der Waals surface area contributed by atoms with Crippen LogP contribution in [0.5, 0.6) is 0 Å². The van der Waals surface area contributed by atoms with Crippen molar-refractivity contribution in [3.05, 3.63) is 0 Å². The third kappa shape index (κ3) is 19.2. The summed E-state index contributed by atoms with van der Waals surface area (Å²) in [4.78, 5) is 20.5. The minimum absolute atomic E-state index is 0.193. The van der Waals surface area contributed by atoms with Crippen LogP contribution in [0.2, 0.25) is 0 Å². The van der Waals surface area contributed by atoms with E-state index in [0.717, 1.165) is 25.7 Å². The fourth-order valence-electron chi connectivity index (χ4n) is 1.47. The molecule has 0 bridgehead atoms. The van der Waals surface area contributed by atoms with Gasteiger partial charge >= 0.3 is 0 Å². The van der Waals surface area contributed by atoms with Crippen molar-refractivity contribution in [1.29, 1.82) is 0 Å². The predicted molar refractivity (Wildman–Crippen MR) is 78.6 cm³/mol. The number of rotatable bonds is 10. The molecule has 0 aliphatic heterocycles. The summed E-state index contributed by atoms with van der Waals surface area (Å²) in [5.74, 6) is 0.173. The highest BCUT2D eigenvalue weighted by Gasteiger charge is 2.02. The van der Waals surface area contributed by atoms with Crippen LogP contribution in [0.1, 0.15) is 52.4 Å². The van der Waals surface area contributed by atoms with E-state index in [-0.39, 0.29) is 25.0 Å². The minimum atomic E-state index is -0.259. The van der Waals surface area contributed by atoms with Crippen molar-refractivity contribution in [1.82, 2.24) is 0 Å². The molecule has 6 heteroatoms. The van der Waals surface area contributed by atoms with E-state index in [4.69, 9.17) is 21.7 Å². The zero-order chi connectivity index (χ0) is 16.0. The summed E-state index contributed by atoms with van der Waals surface area (Å²) in [7, 11) is 0. The number of hydrogen-bond donors (Lipinski definition) is 4. The Balaban J connectivity index is 0. The van der Waals surface area contributed by atoms with Gasteiger partial charge in [0, 0.05) is 26.1 Å². The van der Waals surface area contributed by atoms with Gasteiger partial charge in [0.25, 0.3) is 0 Å². The molecular formula is C14H30N2O4. The highest BCUT2D eigenvalue weighted by molar-refractivity contribution is 5.73. The molecule has 0 aromatic heterocycles. The van der Waals surface area contributed by atoms with Gasteiger partial charge in [-0.1, -0.05) is 13.8 Å². The van der Waals surface area contributed by atoms with Crippen molar-refractivity contribution in [2.24, 2.45) is 23.3 Å². The number of carbonyl (C=O) groups excluding carboxylic acids is 2. The molecule has 0 aliphatic carbocycles. The lowest BCUT2D eigenvalue weighted by Gasteiger charge is -2.06. The van der Waals surface area contributed by atoms with Crippen LogP contribution >= 0.6 is 0 Å². The highest BCUT2D eigenvalue weighted by atomic mass is 16.3. The monoisotopic (exact) mass is 290 g/mol. The van der Waals surface area contributed by atoms with Crippen LogP contribution < -0.4 is 11.5 Å². The molecule has 0 saturated heterocycles. The van der Waals surface area contributed by atoms with Gasteiger partial charge in [0.05, 0.1) is 0 Å². The van der Waals surface area contributed by atoms with Gasteiger partial charge in [-0.2, -0.15) is 0 Å². The lowest BCUT2D eigenvalue weighted by Crippen LogP contribution is -2.12. The average molecular weight is 290 g/mol. The Labute approximate surface area is 121 Å². The van der Waals surface area contributed by atoms with Crippen LogP contribution in [0.3, 0.4) is 0 Å².